The van der Waals surface area contributed by atoms with Crippen molar-refractivity contribution in [2.45, 2.75) is 96.1 Å². The molecule has 3 aromatic rings. The molecule has 1 aliphatic heterocycles. The average molecular weight is 654 g/mol. The number of anilines is 2. The third-order valence-corrected chi connectivity index (χ3v) is 9.73. The number of piperazine rings is 1. The van der Waals surface area contributed by atoms with Crippen molar-refractivity contribution in [3.8, 4) is 11.3 Å². The molecule has 45 heavy (non-hydrogen) atoms. The maximum atomic E-state index is 11.5. The second kappa shape index (κ2) is 16.7. The van der Waals surface area contributed by atoms with Gasteiger partial charge in [0.1, 0.15) is 12.4 Å². The minimum absolute atomic E-state index is 0.242. The van der Waals surface area contributed by atoms with Crippen molar-refractivity contribution < 1.29 is 9.53 Å². The molecule has 0 spiro atoms. The van der Waals surface area contributed by atoms with Gasteiger partial charge in [0.15, 0.2) is 11.6 Å². The van der Waals surface area contributed by atoms with Crippen LogP contribution < -0.4 is 16.4 Å². The molecule has 1 saturated carbocycles. The van der Waals surface area contributed by atoms with Crippen LogP contribution in [0.4, 0.5) is 11.6 Å². The molecule has 2 aromatic carbocycles. The number of halogens is 2. The summed E-state index contributed by atoms with van der Waals surface area (Å²) in [5.74, 6) is 0.823. The second-order valence-corrected chi connectivity index (χ2v) is 13.1. The van der Waals surface area contributed by atoms with Crippen LogP contribution in [0.5, 0.6) is 0 Å². The lowest BCUT2D eigenvalue weighted by atomic mass is 9.99. The molecule has 0 amide bonds. The first-order valence-corrected chi connectivity index (χ1v) is 17.2. The molecule has 2 fully saturated rings. The smallest absolute Gasteiger partial charge is 0.169 e. The molecule has 0 bridgehead atoms. The van der Waals surface area contributed by atoms with Crippen LogP contribution in [0, 0.1) is 0 Å². The number of carbonyl (C=O) groups is 1. The molecule has 1 saturated heterocycles. The summed E-state index contributed by atoms with van der Waals surface area (Å²) in [4.78, 5) is 23.3. The zero-order valence-electron chi connectivity index (χ0n) is 26.2. The number of hydrogen-bond acceptors (Lipinski definition) is 8. The zero-order valence-corrected chi connectivity index (χ0v) is 27.8. The summed E-state index contributed by atoms with van der Waals surface area (Å²) >= 11 is 12.7. The van der Waals surface area contributed by atoms with E-state index in [9.17, 15) is 4.79 Å². The van der Waals surface area contributed by atoms with Crippen LogP contribution in [0.15, 0.2) is 42.6 Å². The Morgan fingerprint density at radius 1 is 1.16 bits per heavy atom. The standard InChI is InChI=1S/C35H46Cl2N6O2/c1-2-24-18-25(33-20-40-34(38)35(42-33)41-19-30-31(36)12-7-13-32(30)37)14-15-26(24)21-43-17-16-39-27(22-43)8-3-4-11-29(23-44)45-28-9-5-6-10-28/h7,12-15,18,20,23,27-29,39H,2-6,8-11,16-17,19,21-22H2,1H3,(H2,38,40)(H,41,42). The fraction of sp³-hybridized carbons (Fsp3) is 0.514. The summed E-state index contributed by atoms with van der Waals surface area (Å²) in [6.45, 7) is 6.54. The number of rotatable bonds is 15. The van der Waals surface area contributed by atoms with Crippen LogP contribution in [-0.2, 0) is 29.0 Å². The lowest BCUT2D eigenvalue weighted by molar-refractivity contribution is -0.122. The number of aryl methyl sites for hydroxylation is 1. The molecular weight excluding hydrogens is 607 g/mol. The van der Waals surface area contributed by atoms with Crippen molar-refractivity contribution in [2.24, 2.45) is 0 Å². The highest BCUT2D eigenvalue weighted by Gasteiger charge is 2.22. The van der Waals surface area contributed by atoms with E-state index >= 15 is 0 Å². The normalized spacial score (nSPS) is 18.2. The van der Waals surface area contributed by atoms with Crippen molar-refractivity contribution >= 4 is 41.1 Å². The molecule has 2 unspecified atom stereocenters. The minimum Gasteiger partial charge on any atom is -0.381 e. The molecule has 2 atom stereocenters. The van der Waals surface area contributed by atoms with Gasteiger partial charge in [0.25, 0.3) is 0 Å². The molecule has 8 nitrogen and oxygen atoms in total. The number of hydrogen-bond donors (Lipinski definition) is 3. The number of carbonyl (C=O) groups excluding carboxylic acids is 1. The van der Waals surface area contributed by atoms with Gasteiger partial charge in [-0.3, -0.25) is 4.90 Å². The topological polar surface area (TPSA) is 105 Å². The van der Waals surface area contributed by atoms with E-state index in [1.807, 2.05) is 18.2 Å². The maximum absolute atomic E-state index is 11.5. The van der Waals surface area contributed by atoms with Crippen LogP contribution in [-0.4, -0.2) is 59.0 Å². The fourth-order valence-corrected chi connectivity index (χ4v) is 6.99. The predicted molar refractivity (Wildman–Crippen MR) is 184 cm³/mol. The number of aromatic nitrogens is 2. The summed E-state index contributed by atoms with van der Waals surface area (Å²) in [6.07, 6.45) is 12.4. The number of nitrogens with two attached hydrogens (primary N) is 1. The van der Waals surface area contributed by atoms with Gasteiger partial charge >= 0.3 is 0 Å². The van der Waals surface area contributed by atoms with Gasteiger partial charge in [-0.1, -0.05) is 74.0 Å². The SMILES string of the molecule is CCc1cc(-c2cnc(N)c(NCc3c(Cl)cccc3Cl)n2)ccc1CN1CCNC(CCCCC(C=O)OC2CCCC2)C1. The highest BCUT2D eigenvalue weighted by molar-refractivity contribution is 6.36. The van der Waals surface area contributed by atoms with E-state index in [-0.39, 0.29) is 12.2 Å². The molecule has 1 aromatic heterocycles. The first-order valence-electron chi connectivity index (χ1n) is 16.4. The fourth-order valence-electron chi connectivity index (χ4n) is 6.46. The van der Waals surface area contributed by atoms with Crippen molar-refractivity contribution in [1.82, 2.24) is 20.2 Å². The Hall–Kier alpha value is -2.75. The first-order chi connectivity index (χ1) is 21.9. The monoisotopic (exact) mass is 652 g/mol. The Kier molecular flexibility index (Phi) is 12.5. The van der Waals surface area contributed by atoms with Crippen LogP contribution in [0.1, 0.15) is 75.0 Å². The van der Waals surface area contributed by atoms with E-state index in [4.69, 9.17) is 38.7 Å². The molecule has 2 aliphatic rings. The Bertz CT molecular complexity index is 1400. The molecule has 0 radical (unpaired) electrons. The van der Waals surface area contributed by atoms with Gasteiger partial charge in [0.05, 0.1) is 18.0 Å². The second-order valence-electron chi connectivity index (χ2n) is 12.3. The van der Waals surface area contributed by atoms with Crippen LogP contribution in [0.25, 0.3) is 11.3 Å². The lowest BCUT2D eigenvalue weighted by Gasteiger charge is -2.34. The van der Waals surface area contributed by atoms with E-state index in [0.29, 0.717) is 34.3 Å². The summed E-state index contributed by atoms with van der Waals surface area (Å²) < 4.78 is 6.02. The zero-order chi connectivity index (χ0) is 31.6. The molecule has 242 valence electrons. The van der Waals surface area contributed by atoms with Gasteiger partial charge in [0.2, 0.25) is 0 Å². The number of aldehydes is 1. The van der Waals surface area contributed by atoms with Gasteiger partial charge in [-0.25, -0.2) is 9.97 Å². The molecule has 10 heteroatoms. The quantitative estimate of drug-likeness (QED) is 0.118. The number of ether oxygens (including phenoxy) is 1. The van der Waals surface area contributed by atoms with Crippen LogP contribution in [0.2, 0.25) is 10.0 Å². The number of nitrogen functional groups attached to an aromatic ring is 1. The number of nitrogens with one attached hydrogen (secondary N) is 2. The van der Waals surface area contributed by atoms with E-state index in [0.717, 1.165) is 94.2 Å². The third-order valence-electron chi connectivity index (χ3n) is 9.02. The third kappa shape index (κ3) is 9.39. The van der Waals surface area contributed by atoms with Crippen LogP contribution >= 0.6 is 23.2 Å². The minimum atomic E-state index is -0.242. The molecule has 2 heterocycles. The van der Waals surface area contributed by atoms with Gasteiger partial charge in [0, 0.05) is 59.9 Å². The van der Waals surface area contributed by atoms with E-state index < -0.39 is 0 Å². The molecular formula is C35H46Cl2N6O2. The highest BCUT2D eigenvalue weighted by atomic mass is 35.5. The molecule has 5 rings (SSSR count). The average Bonchev–Trinajstić information content (AvgIpc) is 3.57. The Labute approximate surface area is 277 Å². The summed E-state index contributed by atoms with van der Waals surface area (Å²) in [6, 6.07) is 12.5. The van der Waals surface area contributed by atoms with Crippen molar-refractivity contribution in [3.63, 3.8) is 0 Å². The van der Waals surface area contributed by atoms with Gasteiger partial charge < -0.3 is 25.9 Å². The van der Waals surface area contributed by atoms with Crippen molar-refractivity contribution in [3.05, 3.63) is 69.3 Å². The van der Waals surface area contributed by atoms with E-state index in [2.05, 4.69) is 45.6 Å². The largest absolute Gasteiger partial charge is 0.381 e. The van der Waals surface area contributed by atoms with Crippen molar-refractivity contribution in [2.75, 3.05) is 30.7 Å². The summed E-state index contributed by atoms with van der Waals surface area (Å²) in [5, 5.41) is 8.14. The first kappa shape index (κ1) is 33.6. The van der Waals surface area contributed by atoms with E-state index in [1.54, 1.807) is 6.20 Å². The number of unbranched alkanes of at least 4 members (excludes halogenated alkanes) is 1. The Morgan fingerprint density at radius 3 is 2.71 bits per heavy atom. The summed E-state index contributed by atoms with van der Waals surface area (Å²) in [5.41, 5.74) is 11.4. The maximum Gasteiger partial charge on any atom is 0.169 e. The van der Waals surface area contributed by atoms with Gasteiger partial charge in [-0.05, 0) is 61.4 Å². The molecule has 4 N–H and O–H groups in total. The Balaban J connectivity index is 1.15. The highest BCUT2D eigenvalue weighted by Crippen LogP contribution is 2.28. The lowest BCUT2D eigenvalue weighted by Crippen LogP contribution is -2.50. The predicted octanol–water partition coefficient (Wildman–Crippen LogP) is 7.07. The summed E-state index contributed by atoms with van der Waals surface area (Å²) in [7, 11) is 0. The number of nitrogens with zero attached hydrogens (tertiary/aromatic N) is 3. The Morgan fingerprint density at radius 2 is 1.96 bits per heavy atom. The number of benzene rings is 2. The van der Waals surface area contributed by atoms with E-state index in [1.165, 1.54) is 24.0 Å². The van der Waals surface area contributed by atoms with Gasteiger partial charge in [-0.2, -0.15) is 0 Å². The molecule has 1 aliphatic carbocycles. The van der Waals surface area contributed by atoms with Gasteiger partial charge in [-0.15, -0.1) is 0 Å². The van der Waals surface area contributed by atoms with Crippen molar-refractivity contribution in [1.29, 1.82) is 0 Å². The van der Waals surface area contributed by atoms with Crippen LogP contribution in [0.3, 0.4) is 0 Å².